The Morgan fingerprint density at radius 1 is 1.44 bits per heavy atom. The lowest BCUT2D eigenvalue weighted by molar-refractivity contribution is -0.134. The first kappa shape index (κ1) is 18.1. The Balaban J connectivity index is 1.63. The molecule has 1 aliphatic rings. The molecular weight excluding hydrogens is 336 g/mol. The number of aromatic nitrogens is 2. The first-order valence-electron chi connectivity index (χ1n) is 9.05. The second-order valence-corrected chi connectivity index (χ2v) is 7.56. The Morgan fingerprint density at radius 3 is 3.04 bits per heavy atom. The maximum atomic E-state index is 12.8. The van der Waals surface area contributed by atoms with Gasteiger partial charge in [-0.25, -0.2) is 0 Å². The summed E-state index contributed by atoms with van der Waals surface area (Å²) >= 11 is 1.56. The van der Waals surface area contributed by atoms with E-state index in [-0.39, 0.29) is 5.91 Å². The van der Waals surface area contributed by atoms with Gasteiger partial charge in [-0.15, -0.1) is 21.5 Å². The molecule has 1 aliphatic heterocycles. The molecule has 3 rings (SSSR count). The van der Waals surface area contributed by atoms with E-state index in [0.717, 1.165) is 17.8 Å². The normalized spacial score (nSPS) is 18.4. The molecule has 3 heterocycles. The molecule has 6 nitrogen and oxygen atoms in total. The van der Waals surface area contributed by atoms with Crippen LogP contribution in [0.4, 0.5) is 0 Å². The Bertz CT molecular complexity index is 670. The fourth-order valence-electron chi connectivity index (χ4n) is 3.21. The molecule has 136 valence electrons. The van der Waals surface area contributed by atoms with Gasteiger partial charge in [-0.05, 0) is 44.2 Å². The second-order valence-electron chi connectivity index (χ2n) is 6.61. The van der Waals surface area contributed by atoms with Gasteiger partial charge in [0.2, 0.25) is 11.8 Å². The maximum Gasteiger partial charge on any atom is 0.257 e. The SMILES string of the molecule is CCCN(Cc1nnc(-c2cccs2)o1)C(=O)CN1CCCCC1C. The molecule has 2 aromatic rings. The third kappa shape index (κ3) is 4.67. The quantitative estimate of drug-likeness (QED) is 0.755. The standard InChI is InChI=1S/C18H26N4O2S/c1-3-9-22(17(23)13-21-10-5-4-7-14(21)2)12-16-19-20-18(24-16)15-8-6-11-25-15/h6,8,11,14H,3-5,7,9-10,12-13H2,1-2H3. The predicted octanol–water partition coefficient (Wildman–Crippen LogP) is 3.41. The van der Waals surface area contributed by atoms with Crippen molar-refractivity contribution in [3.05, 3.63) is 23.4 Å². The summed E-state index contributed by atoms with van der Waals surface area (Å²) in [5.74, 6) is 1.17. The number of amides is 1. The van der Waals surface area contributed by atoms with E-state index in [2.05, 4.69) is 28.9 Å². The lowest BCUT2D eigenvalue weighted by Gasteiger charge is -2.34. The van der Waals surface area contributed by atoms with E-state index in [1.807, 2.05) is 22.4 Å². The summed E-state index contributed by atoms with van der Waals surface area (Å²) in [6.07, 6.45) is 4.53. The summed E-state index contributed by atoms with van der Waals surface area (Å²) < 4.78 is 5.75. The highest BCUT2D eigenvalue weighted by molar-refractivity contribution is 7.13. The van der Waals surface area contributed by atoms with Crippen LogP contribution in [0.15, 0.2) is 21.9 Å². The number of rotatable bonds is 7. The highest BCUT2D eigenvalue weighted by Gasteiger charge is 2.24. The Kier molecular flexibility index (Phi) is 6.20. The zero-order valence-corrected chi connectivity index (χ0v) is 15.8. The van der Waals surface area contributed by atoms with Crippen LogP contribution < -0.4 is 0 Å². The summed E-state index contributed by atoms with van der Waals surface area (Å²) in [7, 11) is 0. The van der Waals surface area contributed by atoms with E-state index in [1.165, 1.54) is 19.3 Å². The summed E-state index contributed by atoms with van der Waals surface area (Å²) in [5.41, 5.74) is 0. The summed E-state index contributed by atoms with van der Waals surface area (Å²) in [6, 6.07) is 4.39. The molecule has 1 fully saturated rings. The number of carbonyl (C=O) groups excluding carboxylic acids is 1. The fraction of sp³-hybridized carbons (Fsp3) is 0.611. The molecule has 0 aliphatic carbocycles. The van der Waals surface area contributed by atoms with Gasteiger partial charge < -0.3 is 9.32 Å². The molecule has 2 aromatic heterocycles. The van der Waals surface area contributed by atoms with Crippen LogP contribution in [-0.2, 0) is 11.3 Å². The van der Waals surface area contributed by atoms with E-state index in [9.17, 15) is 4.79 Å². The molecule has 1 unspecified atom stereocenters. The minimum absolute atomic E-state index is 0.145. The van der Waals surface area contributed by atoms with Gasteiger partial charge in [-0.2, -0.15) is 0 Å². The van der Waals surface area contributed by atoms with Crippen molar-refractivity contribution in [2.75, 3.05) is 19.6 Å². The second kappa shape index (κ2) is 8.58. The first-order chi connectivity index (χ1) is 12.2. The van der Waals surface area contributed by atoms with E-state index in [4.69, 9.17) is 4.42 Å². The molecule has 0 saturated carbocycles. The zero-order chi connectivity index (χ0) is 17.6. The number of thiophene rings is 1. The van der Waals surface area contributed by atoms with Gasteiger partial charge in [0.1, 0.15) is 0 Å². The highest BCUT2D eigenvalue weighted by atomic mass is 32.1. The number of piperidine rings is 1. The average molecular weight is 362 g/mol. The number of hydrogen-bond donors (Lipinski definition) is 0. The number of nitrogens with zero attached hydrogens (tertiary/aromatic N) is 4. The molecule has 0 radical (unpaired) electrons. The molecule has 0 aromatic carbocycles. The highest BCUT2D eigenvalue weighted by Crippen LogP contribution is 2.23. The van der Waals surface area contributed by atoms with Gasteiger partial charge in [0, 0.05) is 12.6 Å². The monoisotopic (exact) mass is 362 g/mol. The third-order valence-corrected chi connectivity index (χ3v) is 5.51. The van der Waals surface area contributed by atoms with E-state index in [1.54, 1.807) is 11.3 Å². The van der Waals surface area contributed by atoms with Crippen molar-refractivity contribution in [3.8, 4) is 10.8 Å². The van der Waals surface area contributed by atoms with Crippen LogP contribution in [0, 0.1) is 0 Å². The van der Waals surface area contributed by atoms with E-state index >= 15 is 0 Å². The van der Waals surface area contributed by atoms with Gasteiger partial charge in [-0.3, -0.25) is 9.69 Å². The minimum Gasteiger partial charge on any atom is -0.418 e. The predicted molar refractivity (Wildman–Crippen MR) is 98.2 cm³/mol. The van der Waals surface area contributed by atoms with Crippen molar-refractivity contribution in [2.24, 2.45) is 0 Å². The molecule has 25 heavy (non-hydrogen) atoms. The fourth-order valence-corrected chi connectivity index (χ4v) is 3.85. The molecule has 1 amide bonds. The summed E-state index contributed by atoms with van der Waals surface area (Å²) in [4.78, 5) is 17.9. The zero-order valence-electron chi connectivity index (χ0n) is 15.0. The van der Waals surface area contributed by atoms with Crippen molar-refractivity contribution >= 4 is 17.2 Å². The Hall–Kier alpha value is -1.73. The maximum absolute atomic E-state index is 12.8. The van der Waals surface area contributed by atoms with Crippen molar-refractivity contribution < 1.29 is 9.21 Å². The van der Waals surface area contributed by atoms with Crippen LogP contribution in [0.25, 0.3) is 10.8 Å². The summed E-state index contributed by atoms with van der Waals surface area (Å²) in [5, 5.41) is 10.2. The van der Waals surface area contributed by atoms with Crippen LogP contribution in [0.3, 0.4) is 0 Å². The third-order valence-electron chi connectivity index (χ3n) is 4.65. The Labute approximate surface area is 152 Å². The largest absolute Gasteiger partial charge is 0.418 e. The van der Waals surface area contributed by atoms with Crippen molar-refractivity contribution in [1.29, 1.82) is 0 Å². The number of hydrogen-bond acceptors (Lipinski definition) is 6. The van der Waals surface area contributed by atoms with Crippen LogP contribution >= 0.6 is 11.3 Å². The lowest BCUT2D eigenvalue weighted by atomic mass is 10.0. The summed E-state index contributed by atoms with van der Waals surface area (Å²) in [6.45, 7) is 6.87. The molecule has 0 N–H and O–H groups in total. The topological polar surface area (TPSA) is 62.5 Å². The Morgan fingerprint density at radius 2 is 2.32 bits per heavy atom. The minimum atomic E-state index is 0.145. The van der Waals surface area contributed by atoms with Crippen molar-refractivity contribution in [2.45, 2.75) is 52.1 Å². The van der Waals surface area contributed by atoms with Crippen molar-refractivity contribution in [1.82, 2.24) is 20.0 Å². The average Bonchev–Trinajstić information content (AvgIpc) is 3.27. The number of likely N-dealkylation sites (tertiary alicyclic amines) is 1. The van der Waals surface area contributed by atoms with Gasteiger partial charge in [0.05, 0.1) is 18.0 Å². The molecule has 1 atom stereocenters. The van der Waals surface area contributed by atoms with Crippen LogP contribution in [0.5, 0.6) is 0 Å². The molecular formula is C18H26N4O2S. The van der Waals surface area contributed by atoms with Gasteiger partial charge >= 0.3 is 0 Å². The van der Waals surface area contributed by atoms with Gasteiger partial charge in [0.15, 0.2) is 0 Å². The molecule has 0 bridgehead atoms. The first-order valence-corrected chi connectivity index (χ1v) is 9.93. The number of carbonyl (C=O) groups is 1. The lowest BCUT2D eigenvalue weighted by Crippen LogP contribution is -2.45. The van der Waals surface area contributed by atoms with Crippen LogP contribution in [0.1, 0.15) is 45.4 Å². The smallest absolute Gasteiger partial charge is 0.257 e. The van der Waals surface area contributed by atoms with E-state index in [0.29, 0.717) is 37.5 Å². The van der Waals surface area contributed by atoms with E-state index < -0.39 is 0 Å². The van der Waals surface area contributed by atoms with Gasteiger partial charge in [-0.1, -0.05) is 19.4 Å². The molecule has 7 heteroatoms. The van der Waals surface area contributed by atoms with Gasteiger partial charge in [0.25, 0.3) is 5.89 Å². The molecule has 0 spiro atoms. The van der Waals surface area contributed by atoms with Crippen LogP contribution in [0.2, 0.25) is 0 Å². The molecule has 1 saturated heterocycles. The van der Waals surface area contributed by atoms with Crippen molar-refractivity contribution in [3.63, 3.8) is 0 Å². The van der Waals surface area contributed by atoms with Crippen LogP contribution in [-0.4, -0.2) is 51.6 Å².